The second kappa shape index (κ2) is 8.85. The highest BCUT2D eigenvalue weighted by Gasteiger charge is 2.41. The minimum absolute atomic E-state index is 0.0440. The molecule has 1 aliphatic heterocycles. The van der Waals surface area contributed by atoms with Gasteiger partial charge in [-0.2, -0.15) is 0 Å². The Balaban J connectivity index is 1.62. The van der Waals surface area contributed by atoms with Gasteiger partial charge in [0.1, 0.15) is 5.75 Å². The van der Waals surface area contributed by atoms with Gasteiger partial charge in [-0.15, -0.1) is 0 Å². The normalized spacial score (nSPS) is 17.9. The minimum Gasteiger partial charge on any atom is -0.495 e. The Morgan fingerprint density at radius 3 is 2.50 bits per heavy atom. The molecule has 5 rings (SSSR count). The van der Waals surface area contributed by atoms with Crippen LogP contribution in [0.4, 0.5) is 0 Å². The SMILES string of the molecule is COc1ccccc1-n1cccc1[C@@H]1[C@H](c2ccccn2)NC(=S)N1Cc1ccccc1. The molecule has 4 aromatic rings. The first-order chi connectivity index (χ1) is 15.8. The topological polar surface area (TPSA) is 42.3 Å². The van der Waals surface area contributed by atoms with Crippen molar-refractivity contribution in [3.63, 3.8) is 0 Å². The highest BCUT2D eigenvalue weighted by atomic mass is 32.1. The van der Waals surface area contributed by atoms with Gasteiger partial charge in [-0.05, 0) is 54.2 Å². The van der Waals surface area contributed by atoms with Crippen molar-refractivity contribution in [3.05, 3.63) is 114 Å². The van der Waals surface area contributed by atoms with E-state index < -0.39 is 0 Å². The fraction of sp³-hybridized carbons (Fsp3) is 0.154. The van der Waals surface area contributed by atoms with E-state index in [4.69, 9.17) is 17.0 Å². The Morgan fingerprint density at radius 2 is 1.72 bits per heavy atom. The maximum Gasteiger partial charge on any atom is 0.170 e. The second-order valence-electron chi connectivity index (χ2n) is 7.72. The summed E-state index contributed by atoms with van der Waals surface area (Å²) in [5.41, 5.74) is 4.28. The number of nitrogens with zero attached hydrogens (tertiary/aromatic N) is 3. The molecule has 1 N–H and O–H groups in total. The molecule has 0 aliphatic carbocycles. The van der Waals surface area contributed by atoms with E-state index in [1.165, 1.54) is 5.56 Å². The van der Waals surface area contributed by atoms with E-state index in [0.717, 1.165) is 27.9 Å². The van der Waals surface area contributed by atoms with Crippen LogP contribution in [0.5, 0.6) is 5.75 Å². The molecule has 0 unspecified atom stereocenters. The summed E-state index contributed by atoms with van der Waals surface area (Å²) in [4.78, 5) is 6.91. The van der Waals surface area contributed by atoms with Crippen LogP contribution in [0.1, 0.15) is 29.0 Å². The average Bonchev–Trinajstić information content (AvgIpc) is 3.45. The molecule has 32 heavy (non-hydrogen) atoms. The predicted molar refractivity (Wildman–Crippen MR) is 130 cm³/mol. The summed E-state index contributed by atoms with van der Waals surface area (Å²) in [6.07, 6.45) is 3.90. The fourth-order valence-corrected chi connectivity index (χ4v) is 4.67. The van der Waals surface area contributed by atoms with Gasteiger partial charge in [0.15, 0.2) is 5.11 Å². The van der Waals surface area contributed by atoms with E-state index in [9.17, 15) is 0 Å². The van der Waals surface area contributed by atoms with Crippen LogP contribution in [0.25, 0.3) is 5.69 Å². The molecule has 2 atom stereocenters. The molecule has 3 heterocycles. The van der Waals surface area contributed by atoms with Crippen LogP contribution in [0.2, 0.25) is 0 Å². The summed E-state index contributed by atoms with van der Waals surface area (Å²) in [5.74, 6) is 0.822. The van der Waals surface area contributed by atoms with E-state index >= 15 is 0 Å². The average molecular weight is 441 g/mol. The molecule has 0 bridgehead atoms. The number of pyridine rings is 1. The van der Waals surface area contributed by atoms with Crippen molar-refractivity contribution in [2.24, 2.45) is 0 Å². The summed E-state index contributed by atoms with van der Waals surface area (Å²) >= 11 is 5.83. The Morgan fingerprint density at radius 1 is 0.938 bits per heavy atom. The number of nitrogens with one attached hydrogen (secondary N) is 1. The third kappa shape index (κ3) is 3.74. The second-order valence-corrected chi connectivity index (χ2v) is 8.10. The lowest BCUT2D eigenvalue weighted by atomic mass is 10.0. The fourth-order valence-electron chi connectivity index (χ4n) is 4.36. The zero-order chi connectivity index (χ0) is 21.9. The van der Waals surface area contributed by atoms with E-state index in [0.29, 0.717) is 6.54 Å². The molecular formula is C26H24N4OS. The Kier molecular flexibility index (Phi) is 5.60. The van der Waals surface area contributed by atoms with E-state index in [1.807, 2.05) is 42.6 Å². The van der Waals surface area contributed by atoms with Gasteiger partial charge >= 0.3 is 0 Å². The van der Waals surface area contributed by atoms with Crippen molar-refractivity contribution in [1.82, 2.24) is 19.8 Å². The van der Waals surface area contributed by atoms with Crippen molar-refractivity contribution in [3.8, 4) is 11.4 Å². The molecule has 2 aromatic carbocycles. The van der Waals surface area contributed by atoms with Crippen LogP contribution in [-0.4, -0.2) is 26.7 Å². The van der Waals surface area contributed by atoms with Crippen molar-refractivity contribution in [2.45, 2.75) is 18.6 Å². The van der Waals surface area contributed by atoms with Crippen molar-refractivity contribution < 1.29 is 4.74 Å². The van der Waals surface area contributed by atoms with Crippen LogP contribution >= 0.6 is 12.2 Å². The van der Waals surface area contributed by atoms with E-state index in [-0.39, 0.29) is 12.1 Å². The smallest absolute Gasteiger partial charge is 0.170 e. The molecular weight excluding hydrogens is 416 g/mol. The maximum atomic E-state index is 5.83. The highest BCUT2D eigenvalue weighted by Crippen LogP contribution is 2.41. The standard InChI is InChI=1S/C26H24N4OS/c1-31-23-15-6-5-13-21(23)29-17-9-14-22(29)25-24(20-12-7-8-16-27-20)28-26(32)30(25)18-19-10-3-2-4-11-19/h2-17,24-25H,18H2,1H3,(H,28,32)/t24-,25+/m0/s1. The molecule has 1 saturated heterocycles. The molecule has 0 saturated carbocycles. The van der Waals surface area contributed by atoms with Crippen LogP contribution in [-0.2, 0) is 6.54 Å². The number of hydrogen-bond donors (Lipinski definition) is 1. The van der Waals surface area contributed by atoms with Crippen molar-refractivity contribution in [1.29, 1.82) is 0 Å². The summed E-state index contributed by atoms with van der Waals surface area (Å²) in [6, 6.07) is 28.6. The zero-order valence-electron chi connectivity index (χ0n) is 17.8. The van der Waals surface area contributed by atoms with Gasteiger partial charge in [-0.1, -0.05) is 48.5 Å². The highest BCUT2D eigenvalue weighted by molar-refractivity contribution is 7.80. The third-order valence-corrected chi connectivity index (χ3v) is 6.17. The molecule has 0 spiro atoms. The van der Waals surface area contributed by atoms with Gasteiger partial charge in [-0.25, -0.2) is 0 Å². The van der Waals surface area contributed by atoms with Crippen molar-refractivity contribution in [2.75, 3.05) is 7.11 Å². The van der Waals surface area contributed by atoms with Gasteiger partial charge in [-0.3, -0.25) is 4.98 Å². The first kappa shape index (κ1) is 20.3. The van der Waals surface area contributed by atoms with Crippen molar-refractivity contribution >= 4 is 17.3 Å². The van der Waals surface area contributed by atoms with Gasteiger partial charge in [0, 0.05) is 24.6 Å². The third-order valence-electron chi connectivity index (χ3n) is 5.82. The molecule has 5 nitrogen and oxygen atoms in total. The number of ether oxygens (including phenoxy) is 1. The predicted octanol–water partition coefficient (Wildman–Crippen LogP) is 5.05. The molecule has 160 valence electrons. The molecule has 0 radical (unpaired) electrons. The van der Waals surface area contributed by atoms with Gasteiger partial charge < -0.3 is 19.5 Å². The van der Waals surface area contributed by atoms with Crippen LogP contribution in [0, 0.1) is 0 Å². The van der Waals surface area contributed by atoms with Crippen LogP contribution < -0.4 is 10.1 Å². The number of thiocarbonyl (C=S) groups is 1. The Labute approximate surface area is 193 Å². The lowest BCUT2D eigenvalue weighted by Gasteiger charge is -2.29. The number of para-hydroxylation sites is 2. The van der Waals surface area contributed by atoms with Gasteiger partial charge in [0.05, 0.1) is 30.6 Å². The first-order valence-corrected chi connectivity index (χ1v) is 11.0. The summed E-state index contributed by atoms with van der Waals surface area (Å²) in [7, 11) is 1.70. The minimum atomic E-state index is -0.0734. The van der Waals surface area contributed by atoms with Gasteiger partial charge in [0.25, 0.3) is 0 Å². The van der Waals surface area contributed by atoms with E-state index in [2.05, 4.69) is 74.5 Å². The molecule has 0 amide bonds. The lowest BCUT2D eigenvalue weighted by Crippen LogP contribution is -2.30. The lowest BCUT2D eigenvalue weighted by molar-refractivity contribution is 0.302. The maximum absolute atomic E-state index is 5.83. The van der Waals surface area contributed by atoms with E-state index in [1.54, 1.807) is 7.11 Å². The number of methoxy groups -OCH3 is 1. The molecule has 1 fully saturated rings. The summed E-state index contributed by atoms with van der Waals surface area (Å²) in [6.45, 7) is 0.706. The Bertz CT molecular complexity index is 1210. The van der Waals surface area contributed by atoms with Gasteiger partial charge in [0.2, 0.25) is 0 Å². The molecule has 6 heteroatoms. The monoisotopic (exact) mass is 440 g/mol. The largest absolute Gasteiger partial charge is 0.495 e. The number of benzene rings is 2. The summed E-state index contributed by atoms with van der Waals surface area (Å²) in [5, 5.41) is 4.26. The first-order valence-electron chi connectivity index (χ1n) is 10.6. The van der Waals surface area contributed by atoms with Crippen LogP contribution in [0.15, 0.2) is 97.3 Å². The number of rotatable bonds is 6. The molecule has 1 aliphatic rings. The zero-order valence-corrected chi connectivity index (χ0v) is 18.6. The number of aromatic nitrogens is 2. The number of hydrogen-bond acceptors (Lipinski definition) is 3. The quantitative estimate of drug-likeness (QED) is 0.425. The molecule has 2 aromatic heterocycles. The summed E-state index contributed by atoms with van der Waals surface area (Å²) < 4.78 is 7.84. The van der Waals surface area contributed by atoms with Crippen LogP contribution in [0.3, 0.4) is 0 Å². The Hall–Kier alpha value is -3.64.